The Balaban J connectivity index is 1.53. The number of nitrogens with one attached hydrogen (secondary N) is 1. The lowest BCUT2D eigenvalue weighted by atomic mass is 10.0. The van der Waals surface area contributed by atoms with Crippen LogP contribution in [-0.2, 0) is 11.2 Å². The zero-order valence-electron chi connectivity index (χ0n) is 14.6. The van der Waals surface area contributed by atoms with E-state index in [9.17, 15) is 4.79 Å². The first-order valence-corrected chi connectivity index (χ1v) is 9.28. The number of benzene rings is 1. The Labute approximate surface area is 148 Å². The van der Waals surface area contributed by atoms with Gasteiger partial charge in [0.1, 0.15) is 11.8 Å². The van der Waals surface area contributed by atoms with E-state index in [1.165, 1.54) is 12.8 Å². The van der Waals surface area contributed by atoms with E-state index < -0.39 is 0 Å². The van der Waals surface area contributed by atoms with E-state index in [2.05, 4.69) is 29.3 Å². The third-order valence-electron chi connectivity index (χ3n) is 5.10. The molecule has 4 rings (SSSR count). The minimum absolute atomic E-state index is 0.00786. The van der Waals surface area contributed by atoms with Gasteiger partial charge in [0.15, 0.2) is 0 Å². The van der Waals surface area contributed by atoms with Crippen LogP contribution in [-0.4, -0.2) is 40.2 Å². The number of aryl methyl sites for hydroxylation is 1. The highest BCUT2D eigenvalue weighted by molar-refractivity contribution is 5.92. The molecular formula is C20H25N3O2. The summed E-state index contributed by atoms with van der Waals surface area (Å²) in [7, 11) is 0. The first kappa shape index (κ1) is 16.3. The number of amides is 1. The van der Waals surface area contributed by atoms with Crippen molar-refractivity contribution >= 4 is 5.91 Å². The van der Waals surface area contributed by atoms with Gasteiger partial charge < -0.3 is 9.64 Å². The normalized spacial score (nSPS) is 23.6. The van der Waals surface area contributed by atoms with E-state index in [0.29, 0.717) is 24.7 Å². The van der Waals surface area contributed by atoms with Crippen molar-refractivity contribution in [2.45, 2.75) is 44.8 Å². The van der Waals surface area contributed by atoms with Gasteiger partial charge in [-0.15, -0.1) is 0 Å². The fraction of sp³-hybridized carbons (Fsp3) is 0.500. The number of carbonyl (C=O) groups is 1. The van der Waals surface area contributed by atoms with E-state index in [0.717, 1.165) is 24.1 Å². The molecular weight excluding hydrogens is 314 g/mol. The maximum Gasteiger partial charge on any atom is 0.274 e. The van der Waals surface area contributed by atoms with Gasteiger partial charge in [0.25, 0.3) is 5.91 Å². The zero-order chi connectivity index (χ0) is 17.2. The number of carbonyl (C=O) groups excluding carboxylic acids is 1. The van der Waals surface area contributed by atoms with Crippen molar-refractivity contribution in [3.05, 3.63) is 53.3 Å². The Morgan fingerprint density at radius 2 is 2.08 bits per heavy atom. The molecule has 132 valence electrons. The van der Waals surface area contributed by atoms with Crippen molar-refractivity contribution in [1.29, 1.82) is 0 Å². The number of H-pyrrole nitrogens is 1. The highest BCUT2D eigenvalue weighted by Crippen LogP contribution is 2.39. The van der Waals surface area contributed by atoms with Crippen molar-refractivity contribution < 1.29 is 9.53 Å². The number of nitrogens with zero attached hydrogens (tertiary/aromatic N) is 2. The molecule has 1 aliphatic heterocycles. The molecule has 5 heteroatoms. The van der Waals surface area contributed by atoms with Gasteiger partial charge in [0.05, 0.1) is 12.6 Å². The van der Waals surface area contributed by atoms with Gasteiger partial charge in [-0.2, -0.15) is 5.10 Å². The molecule has 1 amide bonds. The number of aromatic nitrogens is 2. The van der Waals surface area contributed by atoms with Crippen LogP contribution < -0.4 is 0 Å². The fourth-order valence-corrected chi connectivity index (χ4v) is 3.57. The second-order valence-corrected chi connectivity index (χ2v) is 7.15. The highest BCUT2D eigenvalue weighted by atomic mass is 16.5. The number of morpholine rings is 1. The number of ether oxygens (including phenoxy) is 1. The lowest BCUT2D eigenvalue weighted by Crippen LogP contribution is -2.47. The lowest BCUT2D eigenvalue weighted by Gasteiger charge is -2.38. The largest absolute Gasteiger partial charge is 0.366 e. The predicted molar refractivity (Wildman–Crippen MR) is 95.3 cm³/mol. The van der Waals surface area contributed by atoms with Gasteiger partial charge in [-0.1, -0.05) is 43.7 Å². The Morgan fingerprint density at radius 1 is 1.28 bits per heavy atom. The minimum atomic E-state index is -0.0569. The molecule has 1 N–H and O–H groups in total. The van der Waals surface area contributed by atoms with Gasteiger partial charge in [0, 0.05) is 12.2 Å². The summed E-state index contributed by atoms with van der Waals surface area (Å²) in [6.45, 7) is 3.37. The van der Waals surface area contributed by atoms with E-state index in [-0.39, 0.29) is 18.1 Å². The summed E-state index contributed by atoms with van der Waals surface area (Å²) in [5.41, 5.74) is 2.68. The Kier molecular flexibility index (Phi) is 4.57. The maximum absolute atomic E-state index is 13.0. The topological polar surface area (TPSA) is 58.2 Å². The molecule has 2 heterocycles. The molecule has 0 spiro atoms. The van der Waals surface area contributed by atoms with Crippen LogP contribution in [0.25, 0.3) is 0 Å². The second-order valence-electron chi connectivity index (χ2n) is 7.15. The molecule has 2 unspecified atom stereocenters. The van der Waals surface area contributed by atoms with E-state index in [4.69, 9.17) is 4.74 Å². The lowest BCUT2D eigenvalue weighted by molar-refractivity contribution is -0.0865. The van der Waals surface area contributed by atoms with Crippen molar-refractivity contribution in [1.82, 2.24) is 15.1 Å². The first-order chi connectivity index (χ1) is 12.2. The van der Waals surface area contributed by atoms with Crippen LogP contribution in [0.5, 0.6) is 0 Å². The molecule has 5 nitrogen and oxygen atoms in total. The van der Waals surface area contributed by atoms with E-state index in [1.807, 2.05) is 29.2 Å². The van der Waals surface area contributed by atoms with E-state index >= 15 is 0 Å². The maximum atomic E-state index is 13.0. The Hall–Kier alpha value is -2.14. The SMILES string of the molecule is CCCc1cc(C(=O)N2CC(c3ccccc3)OC(C3CC3)C2)n[nH]1. The van der Waals surface area contributed by atoms with Gasteiger partial charge in [0.2, 0.25) is 0 Å². The van der Waals surface area contributed by atoms with Gasteiger partial charge in [-0.3, -0.25) is 9.89 Å². The average molecular weight is 339 g/mol. The molecule has 0 radical (unpaired) electrons. The molecule has 2 atom stereocenters. The second kappa shape index (κ2) is 7.00. The number of aromatic amines is 1. The molecule has 1 aliphatic carbocycles. The Morgan fingerprint density at radius 3 is 2.80 bits per heavy atom. The quantitative estimate of drug-likeness (QED) is 0.909. The number of hydrogen-bond acceptors (Lipinski definition) is 3. The third-order valence-corrected chi connectivity index (χ3v) is 5.10. The summed E-state index contributed by atoms with van der Waals surface area (Å²) in [6, 6.07) is 12.1. The highest BCUT2D eigenvalue weighted by Gasteiger charge is 2.40. The van der Waals surface area contributed by atoms with Crippen molar-refractivity contribution in [2.24, 2.45) is 5.92 Å². The molecule has 2 fully saturated rings. The van der Waals surface area contributed by atoms with Crippen molar-refractivity contribution in [3.8, 4) is 0 Å². The summed E-state index contributed by atoms with van der Waals surface area (Å²) in [6.07, 6.45) is 4.44. The fourth-order valence-electron chi connectivity index (χ4n) is 3.57. The van der Waals surface area contributed by atoms with Crippen LogP contribution >= 0.6 is 0 Å². The number of rotatable bonds is 5. The molecule has 1 saturated heterocycles. The molecule has 1 aromatic heterocycles. The first-order valence-electron chi connectivity index (χ1n) is 9.28. The molecule has 1 aromatic carbocycles. The van der Waals surface area contributed by atoms with Crippen LogP contribution in [0.3, 0.4) is 0 Å². The Bertz CT molecular complexity index is 724. The molecule has 2 aliphatic rings. The van der Waals surface area contributed by atoms with Crippen LogP contribution in [0, 0.1) is 5.92 Å². The van der Waals surface area contributed by atoms with E-state index in [1.54, 1.807) is 0 Å². The summed E-state index contributed by atoms with van der Waals surface area (Å²) in [5, 5.41) is 7.22. The molecule has 0 bridgehead atoms. The summed E-state index contributed by atoms with van der Waals surface area (Å²) in [4.78, 5) is 14.9. The predicted octanol–water partition coefficient (Wildman–Crippen LogP) is 3.35. The summed E-state index contributed by atoms with van der Waals surface area (Å²) >= 11 is 0. The smallest absolute Gasteiger partial charge is 0.274 e. The molecule has 2 aromatic rings. The van der Waals surface area contributed by atoms with Crippen LogP contribution in [0.1, 0.15) is 54.0 Å². The third kappa shape index (κ3) is 3.61. The van der Waals surface area contributed by atoms with Gasteiger partial charge in [-0.05, 0) is 36.8 Å². The van der Waals surface area contributed by atoms with Crippen LogP contribution in [0.15, 0.2) is 36.4 Å². The van der Waals surface area contributed by atoms with Gasteiger partial charge >= 0.3 is 0 Å². The molecule has 1 saturated carbocycles. The standard InChI is InChI=1S/C20H25N3O2/c1-2-6-16-11-17(22-21-16)20(24)23-12-18(14-7-4-3-5-8-14)25-19(13-23)15-9-10-15/h3-5,7-8,11,15,18-19H,2,6,9-10,12-13H2,1H3,(H,21,22). The summed E-state index contributed by atoms with van der Waals surface area (Å²) in [5.74, 6) is 0.602. The van der Waals surface area contributed by atoms with Gasteiger partial charge in [-0.25, -0.2) is 0 Å². The zero-order valence-corrected chi connectivity index (χ0v) is 14.6. The van der Waals surface area contributed by atoms with Crippen molar-refractivity contribution in [3.63, 3.8) is 0 Å². The summed E-state index contributed by atoms with van der Waals surface area (Å²) < 4.78 is 6.33. The average Bonchev–Trinajstić information content (AvgIpc) is 3.41. The van der Waals surface area contributed by atoms with Crippen LogP contribution in [0.2, 0.25) is 0 Å². The monoisotopic (exact) mass is 339 g/mol. The van der Waals surface area contributed by atoms with Crippen LogP contribution in [0.4, 0.5) is 0 Å². The molecule has 25 heavy (non-hydrogen) atoms. The van der Waals surface area contributed by atoms with Crippen molar-refractivity contribution in [2.75, 3.05) is 13.1 Å². The number of hydrogen-bond donors (Lipinski definition) is 1. The minimum Gasteiger partial charge on any atom is -0.366 e.